The van der Waals surface area contributed by atoms with Crippen LogP contribution in [0.5, 0.6) is 0 Å². The molecule has 0 spiro atoms. The fraction of sp³-hybridized carbons (Fsp3) is 0.125. The predicted molar refractivity (Wildman–Crippen MR) is 87.3 cm³/mol. The number of pyridine rings is 1. The molecule has 0 bridgehead atoms. The molecular weight excluding hydrogens is 310 g/mol. The minimum atomic E-state index is -0.498. The number of nitrogens with one attached hydrogen (secondary N) is 2. The van der Waals surface area contributed by atoms with E-state index < -0.39 is 11.0 Å². The normalized spacial score (nSPS) is 11.2. The minimum absolute atomic E-state index is 0.0214. The maximum absolute atomic E-state index is 12.6. The maximum atomic E-state index is 12.6. The van der Waals surface area contributed by atoms with Gasteiger partial charge in [-0.05, 0) is 32.0 Å². The lowest BCUT2D eigenvalue weighted by molar-refractivity contribution is 0.580. The summed E-state index contributed by atoms with van der Waals surface area (Å²) >= 11 is 0. The first-order chi connectivity index (χ1) is 11.5. The molecular formula is C16H13N5O3. The number of nitrogens with zero attached hydrogens (tertiary/aromatic N) is 3. The quantitative estimate of drug-likeness (QED) is 0.583. The summed E-state index contributed by atoms with van der Waals surface area (Å²) in [5.41, 5.74) is 1.33. The lowest BCUT2D eigenvalue weighted by Gasteiger charge is -2.02. The molecule has 0 radical (unpaired) electrons. The summed E-state index contributed by atoms with van der Waals surface area (Å²) < 4.78 is 6.44. The first kappa shape index (κ1) is 14.2. The van der Waals surface area contributed by atoms with Gasteiger partial charge in [0.25, 0.3) is 11.5 Å². The summed E-state index contributed by atoms with van der Waals surface area (Å²) in [4.78, 5) is 36.4. The summed E-state index contributed by atoms with van der Waals surface area (Å²) in [7, 11) is 0. The fourth-order valence-electron chi connectivity index (χ4n) is 2.64. The van der Waals surface area contributed by atoms with Crippen molar-refractivity contribution in [2.75, 3.05) is 0 Å². The highest BCUT2D eigenvalue weighted by Gasteiger charge is 2.16. The van der Waals surface area contributed by atoms with Gasteiger partial charge in [0, 0.05) is 17.5 Å². The Kier molecular flexibility index (Phi) is 2.99. The van der Waals surface area contributed by atoms with Crippen LogP contribution in [0.4, 0.5) is 0 Å². The molecule has 0 aliphatic rings. The zero-order chi connectivity index (χ0) is 16.8. The summed E-state index contributed by atoms with van der Waals surface area (Å²) in [6.45, 7) is 3.62. The van der Waals surface area contributed by atoms with Crippen LogP contribution in [0.1, 0.15) is 11.4 Å². The van der Waals surface area contributed by atoms with E-state index in [9.17, 15) is 9.59 Å². The van der Waals surface area contributed by atoms with Gasteiger partial charge in [-0.15, -0.1) is 0 Å². The molecule has 0 saturated heterocycles. The van der Waals surface area contributed by atoms with Gasteiger partial charge < -0.3 is 9.40 Å². The van der Waals surface area contributed by atoms with Crippen LogP contribution in [0.25, 0.3) is 28.4 Å². The van der Waals surface area contributed by atoms with Gasteiger partial charge in [0.15, 0.2) is 5.43 Å². The number of aromatic amines is 2. The van der Waals surface area contributed by atoms with Gasteiger partial charge in [-0.3, -0.25) is 14.7 Å². The van der Waals surface area contributed by atoms with Crippen LogP contribution in [0.2, 0.25) is 0 Å². The molecule has 2 N–H and O–H groups in total. The van der Waals surface area contributed by atoms with Gasteiger partial charge in [-0.2, -0.15) is 4.68 Å². The van der Waals surface area contributed by atoms with Crippen LogP contribution in [0.3, 0.4) is 0 Å². The fourth-order valence-corrected chi connectivity index (χ4v) is 2.64. The zero-order valence-corrected chi connectivity index (χ0v) is 13.0. The lowest BCUT2D eigenvalue weighted by Crippen LogP contribution is -2.20. The Morgan fingerprint density at radius 2 is 1.88 bits per heavy atom. The topological polar surface area (TPSA) is 110 Å². The van der Waals surface area contributed by atoms with E-state index in [1.165, 1.54) is 12.3 Å². The number of H-pyrrole nitrogens is 2. The average molecular weight is 323 g/mol. The van der Waals surface area contributed by atoms with Crippen LogP contribution >= 0.6 is 0 Å². The van der Waals surface area contributed by atoms with E-state index in [1.807, 2.05) is 13.8 Å². The van der Waals surface area contributed by atoms with Crippen molar-refractivity contribution in [1.29, 1.82) is 0 Å². The van der Waals surface area contributed by atoms with Gasteiger partial charge >= 0.3 is 0 Å². The molecule has 24 heavy (non-hydrogen) atoms. The Hall–Kier alpha value is -3.42. The number of fused-ring (bicyclic) bond motifs is 1. The van der Waals surface area contributed by atoms with Crippen molar-refractivity contribution in [3.8, 4) is 17.4 Å². The summed E-state index contributed by atoms with van der Waals surface area (Å²) in [5, 5.41) is 2.88. The highest BCUT2D eigenvalue weighted by molar-refractivity contribution is 5.77. The van der Waals surface area contributed by atoms with Crippen molar-refractivity contribution in [3.63, 3.8) is 0 Å². The minimum Gasteiger partial charge on any atom is -0.463 e. The van der Waals surface area contributed by atoms with E-state index in [0.29, 0.717) is 17.1 Å². The second-order valence-corrected chi connectivity index (χ2v) is 5.48. The van der Waals surface area contributed by atoms with E-state index in [4.69, 9.17) is 4.42 Å². The Bertz CT molecular complexity index is 1140. The average Bonchev–Trinajstić information content (AvgIpc) is 3.14. The standard InChI is InChI=1S/C16H13N5O3/c1-8-6-9(2)18-16(17-8)21-15(23)13-11(22)7-10(19-14(13)20-21)12-4-3-5-24-12/h3-7H,1-2H3,(H2,19,20,22). The molecule has 0 atom stereocenters. The molecule has 120 valence electrons. The molecule has 0 amide bonds. The SMILES string of the molecule is Cc1cc(C)nc(-n2[nH]c3[nH]c(-c4ccco4)cc(=O)c3c2=O)n1. The van der Waals surface area contributed by atoms with Crippen LogP contribution in [-0.2, 0) is 0 Å². The first-order valence-electron chi connectivity index (χ1n) is 7.27. The van der Waals surface area contributed by atoms with Crippen LogP contribution < -0.4 is 11.0 Å². The van der Waals surface area contributed by atoms with Gasteiger partial charge in [0.1, 0.15) is 16.8 Å². The van der Waals surface area contributed by atoms with E-state index in [2.05, 4.69) is 20.1 Å². The molecule has 0 fully saturated rings. The largest absolute Gasteiger partial charge is 0.463 e. The van der Waals surface area contributed by atoms with E-state index in [0.717, 1.165) is 16.1 Å². The lowest BCUT2D eigenvalue weighted by atomic mass is 10.2. The Morgan fingerprint density at radius 1 is 1.12 bits per heavy atom. The van der Waals surface area contributed by atoms with Gasteiger partial charge in [-0.25, -0.2) is 9.97 Å². The number of aromatic nitrogens is 5. The molecule has 0 unspecified atom stereocenters. The molecule has 0 aliphatic carbocycles. The highest BCUT2D eigenvalue weighted by atomic mass is 16.3. The molecule has 0 aliphatic heterocycles. The Labute approximate surface area is 134 Å². The predicted octanol–water partition coefficient (Wildman–Crippen LogP) is 1.67. The van der Waals surface area contributed by atoms with E-state index in [-0.39, 0.29) is 11.3 Å². The first-order valence-corrected chi connectivity index (χ1v) is 7.27. The second kappa shape index (κ2) is 5.05. The molecule has 4 aromatic rings. The Balaban J connectivity index is 1.99. The third kappa shape index (κ3) is 2.16. The van der Waals surface area contributed by atoms with Crippen molar-refractivity contribution < 1.29 is 4.42 Å². The van der Waals surface area contributed by atoms with Crippen molar-refractivity contribution in [2.24, 2.45) is 0 Å². The Morgan fingerprint density at radius 3 is 2.54 bits per heavy atom. The number of aryl methyl sites for hydroxylation is 2. The summed E-state index contributed by atoms with van der Waals surface area (Å²) in [6.07, 6.45) is 1.51. The van der Waals surface area contributed by atoms with Crippen molar-refractivity contribution in [2.45, 2.75) is 13.8 Å². The second-order valence-electron chi connectivity index (χ2n) is 5.48. The van der Waals surface area contributed by atoms with Crippen molar-refractivity contribution >= 4 is 11.0 Å². The molecule has 0 aromatic carbocycles. The van der Waals surface area contributed by atoms with E-state index in [1.54, 1.807) is 18.2 Å². The molecule has 4 rings (SSSR count). The number of rotatable bonds is 2. The van der Waals surface area contributed by atoms with Crippen LogP contribution in [0.15, 0.2) is 44.5 Å². The summed E-state index contributed by atoms with van der Waals surface area (Å²) in [5.74, 6) is 0.700. The third-order valence-corrected chi connectivity index (χ3v) is 3.63. The van der Waals surface area contributed by atoms with Crippen LogP contribution in [0, 0.1) is 13.8 Å². The summed E-state index contributed by atoms with van der Waals surface area (Å²) in [6, 6.07) is 6.58. The molecule has 4 aromatic heterocycles. The van der Waals surface area contributed by atoms with Crippen molar-refractivity contribution in [3.05, 3.63) is 62.5 Å². The van der Waals surface area contributed by atoms with Gasteiger partial charge in [-0.1, -0.05) is 0 Å². The van der Waals surface area contributed by atoms with Gasteiger partial charge in [0.2, 0.25) is 0 Å². The molecule has 4 heterocycles. The number of furan rings is 1. The molecule has 0 saturated carbocycles. The third-order valence-electron chi connectivity index (χ3n) is 3.63. The smallest absolute Gasteiger partial charge is 0.287 e. The number of hydrogen-bond acceptors (Lipinski definition) is 5. The molecule has 8 heteroatoms. The van der Waals surface area contributed by atoms with E-state index >= 15 is 0 Å². The van der Waals surface area contributed by atoms with Gasteiger partial charge in [0.05, 0.1) is 12.0 Å². The highest BCUT2D eigenvalue weighted by Crippen LogP contribution is 2.17. The monoisotopic (exact) mass is 323 g/mol. The number of hydrogen-bond donors (Lipinski definition) is 2. The van der Waals surface area contributed by atoms with Crippen LogP contribution in [-0.4, -0.2) is 24.7 Å². The maximum Gasteiger partial charge on any atom is 0.287 e. The van der Waals surface area contributed by atoms with Crippen molar-refractivity contribution in [1.82, 2.24) is 24.7 Å². The molecule has 8 nitrogen and oxygen atoms in total. The zero-order valence-electron chi connectivity index (χ0n) is 13.0.